The Kier molecular flexibility index (Phi) is 5.25. The molecule has 0 fully saturated rings. The molecule has 7 heteroatoms. The van der Waals surface area contributed by atoms with Crippen molar-refractivity contribution < 1.29 is 18.7 Å². The third kappa shape index (κ3) is 4.04. The van der Waals surface area contributed by atoms with Crippen LogP contribution >= 0.6 is 0 Å². The number of methoxy groups -OCH3 is 1. The van der Waals surface area contributed by atoms with Gasteiger partial charge in [-0.25, -0.2) is 4.79 Å². The van der Waals surface area contributed by atoms with Crippen LogP contribution in [0.25, 0.3) is 11.0 Å². The van der Waals surface area contributed by atoms with Crippen molar-refractivity contribution in [3.63, 3.8) is 0 Å². The molecule has 136 valence electrons. The Bertz CT molecular complexity index is 795. The van der Waals surface area contributed by atoms with E-state index in [1.165, 1.54) is 0 Å². The summed E-state index contributed by atoms with van der Waals surface area (Å²) in [5.74, 6) is 0.950. The van der Waals surface area contributed by atoms with Crippen LogP contribution in [0.2, 0.25) is 0 Å². The summed E-state index contributed by atoms with van der Waals surface area (Å²) in [4.78, 5) is 23.4. The number of rotatable bonds is 6. The van der Waals surface area contributed by atoms with Crippen LogP contribution in [0.4, 0.5) is 4.79 Å². The number of carbonyl (C=O) groups excluding carboxylic acids is 2. The van der Waals surface area contributed by atoms with Crippen molar-refractivity contribution in [2.45, 2.75) is 33.7 Å². The molecular formula is C18H25N3O4. The molecule has 0 aliphatic carbocycles. The van der Waals surface area contributed by atoms with E-state index in [1.807, 2.05) is 32.0 Å². The van der Waals surface area contributed by atoms with Gasteiger partial charge in [-0.2, -0.15) is 0 Å². The first-order valence-corrected chi connectivity index (χ1v) is 8.07. The van der Waals surface area contributed by atoms with E-state index in [-0.39, 0.29) is 18.6 Å². The van der Waals surface area contributed by atoms with Gasteiger partial charge in [0.25, 0.3) is 0 Å². The van der Waals surface area contributed by atoms with Gasteiger partial charge in [-0.15, -0.1) is 0 Å². The van der Waals surface area contributed by atoms with Crippen LogP contribution in [0.5, 0.6) is 5.75 Å². The van der Waals surface area contributed by atoms with Gasteiger partial charge in [0.2, 0.25) is 5.91 Å². The maximum absolute atomic E-state index is 12.1. The number of nitrogens with two attached hydrogens (primary N) is 1. The Hall–Kier alpha value is -2.70. The van der Waals surface area contributed by atoms with E-state index in [2.05, 4.69) is 10.6 Å². The van der Waals surface area contributed by atoms with Gasteiger partial charge in [0.05, 0.1) is 18.6 Å². The van der Waals surface area contributed by atoms with Gasteiger partial charge in [-0.05, 0) is 45.9 Å². The molecule has 1 heterocycles. The van der Waals surface area contributed by atoms with E-state index in [1.54, 1.807) is 21.0 Å². The van der Waals surface area contributed by atoms with E-state index >= 15 is 0 Å². The molecule has 4 N–H and O–H groups in total. The highest BCUT2D eigenvalue weighted by molar-refractivity contribution is 5.84. The van der Waals surface area contributed by atoms with E-state index in [0.29, 0.717) is 5.76 Å². The number of fused-ring (bicyclic) bond motifs is 1. The number of urea groups is 1. The maximum Gasteiger partial charge on any atom is 0.315 e. The minimum absolute atomic E-state index is 0.150. The van der Waals surface area contributed by atoms with E-state index in [4.69, 9.17) is 14.9 Å². The zero-order valence-corrected chi connectivity index (χ0v) is 15.2. The highest BCUT2D eigenvalue weighted by Crippen LogP contribution is 2.31. The fraction of sp³-hybridized carbons (Fsp3) is 0.444. The summed E-state index contributed by atoms with van der Waals surface area (Å²) in [6, 6.07) is 4.84. The minimum atomic E-state index is -0.813. The number of hydrogen-bond donors (Lipinski definition) is 3. The largest absolute Gasteiger partial charge is 0.497 e. The van der Waals surface area contributed by atoms with Crippen molar-refractivity contribution in [3.05, 3.63) is 29.5 Å². The molecule has 0 spiro atoms. The molecule has 0 saturated carbocycles. The minimum Gasteiger partial charge on any atom is -0.497 e. The number of ether oxygens (including phenoxy) is 1. The standard InChI is InChI=1S/C18H25N3O4/c1-10-13-8-12(24-5)6-7-14(13)25-15(10)11(2)21-17(23)20-9-18(3,4)16(19)22/h6-8,11H,9H2,1-5H3,(H2,19,22)(H2,20,21,23)/t11-/m0/s1. The van der Waals surface area contributed by atoms with Crippen LogP contribution in [0.3, 0.4) is 0 Å². The van der Waals surface area contributed by atoms with Crippen molar-refractivity contribution in [2.24, 2.45) is 11.1 Å². The Balaban J connectivity index is 2.09. The third-order valence-electron chi connectivity index (χ3n) is 4.28. The molecule has 0 radical (unpaired) electrons. The topological polar surface area (TPSA) is 107 Å². The molecule has 2 aromatic rings. The normalized spacial score (nSPS) is 12.7. The maximum atomic E-state index is 12.1. The fourth-order valence-corrected chi connectivity index (χ4v) is 2.46. The molecule has 0 aliphatic heterocycles. The lowest BCUT2D eigenvalue weighted by molar-refractivity contribution is -0.125. The van der Waals surface area contributed by atoms with Gasteiger partial charge in [-0.3, -0.25) is 4.79 Å². The van der Waals surface area contributed by atoms with Gasteiger partial charge in [-0.1, -0.05) is 0 Å². The van der Waals surface area contributed by atoms with Crippen molar-refractivity contribution >= 4 is 22.9 Å². The van der Waals surface area contributed by atoms with Crippen molar-refractivity contribution in [2.75, 3.05) is 13.7 Å². The van der Waals surface area contributed by atoms with Crippen molar-refractivity contribution in [1.29, 1.82) is 0 Å². The lowest BCUT2D eigenvalue weighted by Crippen LogP contribution is -2.46. The predicted molar refractivity (Wildman–Crippen MR) is 95.4 cm³/mol. The summed E-state index contributed by atoms with van der Waals surface area (Å²) in [5, 5.41) is 6.42. The molecule has 1 aromatic heterocycles. The number of aryl methyl sites for hydroxylation is 1. The zero-order valence-electron chi connectivity index (χ0n) is 15.2. The molecule has 7 nitrogen and oxygen atoms in total. The quantitative estimate of drug-likeness (QED) is 0.746. The highest BCUT2D eigenvalue weighted by atomic mass is 16.5. The van der Waals surface area contributed by atoms with Gasteiger partial charge in [0.1, 0.15) is 17.1 Å². The molecule has 0 aliphatic rings. The Morgan fingerprint density at radius 1 is 1.36 bits per heavy atom. The molecule has 1 aromatic carbocycles. The monoisotopic (exact) mass is 347 g/mol. The number of furan rings is 1. The van der Waals surface area contributed by atoms with Crippen LogP contribution in [0, 0.1) is 12.3 Å². The van der Waals surface area contributed by atoms with Gasteiger partial charge >= 0.3 is 6.03 Å². The van der Waals surface area contributed by atoms with Crippen molar-refractivity contribution in [3.8, 4) is 5.75 Å². The van der Waals surface area contributed by atoms with E-state index in [9.17, 15) is 9.59 Å². The van der Waals surface area contributed by atoms with E-state index < -0.39 is 11.3 Å². The summed E-state index contributed by atoms with van der Waals surface area (Å²) >= 11 is 0. The average Bonchev–Trinajstić information content (AvgIpc) is 2.89. The number of amides is 3. The predicted octanol–water partition coefficient (Wildman–Crippen LogP) is 2.62. The Labute approximate surface area is 146 Å². The van der Waals surface area contributed by atoms with Crippen molar-refractivity contribution in [1.82, 2.24) is 10.6 Å². The second kappa shape index (κ2) is 7.04. The molecule has 0 bridgehead atoms. The summed E-state index contributed by atoms with van der Waals surface area (Å²) in [6.07, 6.45) is 0. The van der Waals surface area contributed by atoms with Crippen LogP contribution < -0.4 is 21.1 Å². The average molecular weight is 347 g/mol. The lowest BCUT2D eigenvalue weighted by Gasteiger charge is -2.21. The molecule has 1 atom stereocenters. The SMILES string of the molecule is COc1ccc2oc([C@H](C)NC(=O)NCC(C)(C)C(N)=O)c(C)c2c1. The number of carbonyl (C=O) groups is 2. The Morgan fingerprint density at radius 3 is 2.64 bits per heavy atom. The lowest BCUT2D eigenvalue weighted by atomic mass is 9.93. The summed E-state index contributed by atoms with van der Waals surface area (Å²) in [7, 11) is 1.61. The number of benzene rings is 1. The first kappa shape index (κ1) is 18.6. The molecule has 0 unspecified atom stereocenters. The molecule has 3 amide bonds. The molecule has 2 rings (SSSR count). The highest BCUT2D eigenvalue weighted by Gasteiger charge is 2.26. The molecule has 0 saturated heterocycles. The van der Waals surface area contributed by atoms with Crippen LogP contribution in [-0.2, 0) is 4.79 Å². The number of primary amides is 1. The summed E-state index contributed by atoms with van der Waals surface area (Å²) < 4.78 is 11.1. The molecule has 25 heavy (non-hydrogen) atoms. The summed E-state index contributed by atoms with van der Waals surface area (Å²) in [5.41, 5.74) is 6.16. The van der Waals surface area contributed by atoms with Gasteiger partial charge < -0.3 is 25.5 Å². The number of hydrogen-bond acceptors (Lipinski definition) is 4. The third-order valence-corrected chi connectivity index (χ3v) is 4.28. The number of nitrogens with one attached hydrogen (secondary N) is 2. The molecular weight excluding hydrogens is 322 g/mol. The zero-order chi connectivity index (χ0) is 18.8. The van der Waals surface area contributed by atoms with Gasteiger partial charge in [0, 0.05) is 17.5 Å². The second-order valence-corrected chi connectivity index (χ2v) is 6.75. The van der Waals surface area contributed by atoms with Gasteiger partial charge in [0.15, 0.2) is 0 Å². The van der Waals surface area contributed by atoms with Crippen LogP contribution in [0.15, 0.2) is 22.6 Å². The van der Waals surface area contributed by atoms with Crippen LogP contribution in [0.1, 0.15) is 38.1 Å². The first-order chi connectivity index (χ1) is 11.7. The first-order valence-electron chi connectivity index (χ1n) is 8.07. The van der Waals surface area contributed by atoms with Crippen LogP contribution in [-0.4, -0.2) is 25.6 Å². The smallest absolute Gasteiger partial charge is 0.315 e. The fourth-order valence-electron chi connectivity index (χ4n) is 2.46. The second-order valence-electron chi connectivity index (χ2n) is 6.75. The van der Waals surface area contributed by atoms with E-state index in [0.717, 1.165) is 22.3 Å². The Morgan fingerprint density at radius 2 is 2.04 bits per heavy atom. The summed E-state index contributed by atoms with van der Waals surface area (Å²) in [6.45, 7) is 7.27.